The molecule has 0 aliphatic heterocycles. The van der Waals surface area contributed by atoms with E-state index in [0.29, 0.717) is 17.1 Å². The Morgan fingerprint density at radius 3 is 2.68 bits per heavy atom. The molecule has 3 aromatic rings. The van der Waals surface area contributed by atoms with Gasteiger partial charge in [-0.2, -0.15) is 0 Å². The van der Waals surface area contributed by atoms with E-state index in [1.165, 1.54) is 4.88 Å². The van der Waals surface area contributed by atoms with Crippen LogP contribution in [-0.4, -0.2) is 16.0 Å². The summed E-state index contributed by atoms with van der Waals surface area (Å²) < 4.78 is 4.94. The van der Waals surface area contributed by atoms with Gasteiger partial charge in [0.25, 0.3) is 5.91 Å². The largest absolute Gasteiger partial charge is 0.360 e. The first kappa shape index (κ1) is 14.5. The van der Waals surface area contributed by atoms with Gasteiger partial charge >= 0.3 is 0 Å². The van der Waals surface area contributed by atoms with Gasteiger partial charge in [0.2, 0.25) is 0 Å². The predicted molar refractivity (Wildman–Crippen MR) is 86.2 cm³/mol. The fourth-order valence-electron chi connectivity index (χ4n) is 2.00. The minimum absolute atomic E-state index is 0.222. The summed E-state index contributed by atoms with van der Waals surface area (Å²) in [5, 5.41) is 7.39. The second-order valence-corrected chi connectivity index (χ2v) is 6.22. The molecule has 5 nitrogen and oxygen atoms in total. The van der Waals surface area contributed by atoms with E-state index in [4.69, 9.17) is 4.52 Å². The number of benzene rings is 1. The molecule has 0 aliphatic carbocycles. The smallest absolute Gasteiger partial charge is 0.256 e. The third kappa shape index (κ3) is 2.92. The first-order valence-electron chi connectivity index (χ1n) is 6.82. The molecule has 0 saturated carbocycles. The van der Waals surface area contributed by atoms with Crippen LogP contribution in [0, 0.1) is 20.8 Å². The summed E-state index contributed by atoms with van der Waals surface area (Å²) in [5.74, 6) is 0.840. The first-order valence-corrected chi connectivity index (χ1v) is 7.64. The van der Waals surface area contributed by atoms with Gasteiger partial charge in [0, 0.05) is 22.1 Å². The number of aryl methyl sites for hydroxylation is 3. The molecule has 112 valence electrons. The van der Waals surface area contributed by atoms with Gasteiger partial charge in [-0.15, -0.1) is 11.3 Å². The number of hydrogen-bond acceptors (Lipinski definition) is 5. The third-order valence-electron chi connectivity index (χ3n) is 3.27. The highest BCUT2D eigenvalue weighted by Crippen LogP contribution is 2.27. The standard InChI is InChI=1S/C16H15N3O2S/c1-9-7-14(19-21-9)18-15(20)12-5-4-6-13(8-12)16-17-10(2)11(3)22-16/h4-8H,1-3H3,(H,18,19,20). The molecule has 0 spiro atoms. The van der Waals surface area contributed by atoms with E-state index in [1.54, 1.807) is 30.4 Å². The Kier molecular flexibility index (Phi) is 3.77. The van der Waals surface area contributed by atoms with Gasteiger partial charge in [-0.1, -0.05) is 17.3 Å². The average molecular weight is 313 g/mol. The van der Waals surface area contributed by atoms with Crippen LogP contribution in [0.15, 0.2) is 34.9 Å². The fourth-order valence-corrected chi connectivity index (χ4v) is 2.91. The SMILES string of the molecule is Cc1cc(NC(=O)c2cccc(-c3nc(C)c(C)s3)c2)no1. The lowest BCUT2D eigenvalue weighted by Crippen LogP contribution is -2.12. The lowest BCUT2D eigenvalue weighted by molar-refractivity contribution is 0.102. The van der Waals surface area contributed by atoms with Gasteiger partial charge in [0.15, 0.2) is 5.82 Å². The third-order valence-corrected chi connectivity index (χ3v) is 4.39. The van der Waals surface area contributed by atoms with Crippen molar-refractivity contribution in [3.05, 3.63) is 52.2 Å². The van der Waals surface area contributed by atoms with Crippen LogP contribution in [0.4, 0.5) is 5.82 Å². The van der Waals surface area contributed by atoms with Crippen LogP contribution >= 0.6 is 11.3 Å². The lowest BCUT2D eigenvalue weighted by atomic mass is 10.1. The molecular formula is C16H15N3O2S. The molecule has 0 saturated heterocycles. The number of aromatic nitrogens is 2. The highest BCUT2D eigenvalue weighted by atomic mass is 32.1. The van der Waals surface area contributed by atoms with E-state index in [2.05, 4.69) is 15.5 Å². The van der Waals surface area contributed by atoms with E-state index in [0.717, 1.165) is 16.3 Å². The Labute approximate surface area is 132 Å². The van der Waals surface area contributed by atoms with Crippen LogP contribution in [0.5, 0.6) is 0 Å². The zero-order valence-corrected chi connectivity index (χ0v) is 13.3. The van der Waals surface area contributed by atoms with Crippen LogP contribution in [0.3, 0.4) is 0 Å². The number of hydrogen-bond donors (Lipinski definition) is 1. The normalized spacial score (nSPS) is 10.7. The summed E-state index contributed by atoms with van der Waals surface area (Å²) >= 11 is 1.63. The van der Waals surface area contributed by atoms with Gasteiger partial charge in [0.1, 0.15) is 10.8 Å². The Morgan fingerprint density at radius 1 is 1.23 bits per heavy atom. The number of amides is 1. The van der Waals surface area contributed by atoms with Crippen LogP contribution in [-0.2, 0) is 0 Å². The fraction of sp³-hybridized carbons (Fsp3) is 0.188. The van der Waals surface area contributed by atoms with Crippen LogP contribution in [0.25, 0.3) is 10.6 Å². The molecule has 1 N–H and O–H groups in total. The topological polar surface area (TPSA) is 68.0 Å². The number of anilines is 1. The Morgan fingerprint density at radius 2 is 2.05 bits per heavy atom. The average Bonchev–Trinajstić information content (AvgIpc) is 3.05. The zero-order valence-electron chi connectivity index (χ0n) is 12.5. The molecular weight excluding hydrogens is 298 g/mol. The number of carbonyl (C=O) groups excluding carboxylic acids is 1. The molecule has 6 heteroatoms. The molecule has 0 atom stereocenters. The van der Waals surface area contributed by atoms with E-state index >= 15 is 0 Å². The van der Waals surface area contributed by atoms with Gasteiger partial charge in [-0.05, 0) is 32.9 Å². The van der Waals surface area contributed by atoms with Gasteiger partial charge < -0.3 is 9.84 Å². The quantitative estimate of drug-likeness (QED) is 0.794. The predicted octanol–water partition coefficient (Wildman–Crippen LogP) is 3.98. The van der Waals surface area contributed by atoms with Gasteiger partial charge in [-0.3, -0.25) is 4.79 Å². The van der Waals surface area contributed by atoms with Crippen molar-refractivity contribution in [3.8, 4) is 10.6 Å². The van der Waals surface area contributed by atoms with Crippen molar-refractivity contribution in [2.75, 3.05) is 5.32 Å². The van der Waals surface area contributed by atoms with Crippen molar-refractivity contribution in [3.63, 3.8) is 0 Å². The van der Waals surface area contributed by atoms with Gasteiger partial charge in [-0.25, -0.2) is 4.98 Å². The van der Waals surface area contributed by atoms with E-state index < -0.39 is 0 Å². The monoisotopic (exact) mass is 313 g/mol. The summed E-state index contributed by atoms with van der Waals surface area (Å²) in [4.78, 5) is 18.0. The number of thiazole rings is 1. The molecule has 2 heterocycles. The Hall–Kier alpha value is -2.47. The molecule has 22 heavy (non-hydrogen) atoms. The molecule has 0 unspecified atom stereocenters. The van der Waals surface area contributed by atoms with Crippen LogP contribution in [0.2, 0.25) is 0 Å². The van der Waals surface area contributed by atoms with Crippen molar-refractivity contribution < 1.29 is 9.32 Å². The van der Waals surface area contributed by atoms with Crippen molar-refractivity contribution in [2.45, 2.75) is 20.8 Å². The summed E-state index contributed by atoms with van der Waals surface area (Å²) in [7, 11) is 0. The summed E-state index contributed by atoms with van der Waals surface area (Å²) in [6.07, 6.45) is 0. The van der Waals surface area contributed by atoms with Crippen molar-refractivity contribution in [2.24, 2.45) is 0 Å². The van der Waals surface area contributed by atoms with Crippen LogP contribution < -0.4 is 5.32 Å². The summed E-state index contributed by atoms with van der Waals surface area (Å²) in [6.45, 7) is 5.80. The lowest BCUT2D eigenvalue weighted by Gasteiger charge is -2.03. The molecule has 1 amide bonds. The van der Waals surface area contributed by atoms with E-state index in [-0.39, 0.29) is 5.91 Å². The molecule has 0 fully saturated rings. The first-order chi connectivity index (χ1) is 10.5. The Bertz CT molecular complexity index is 816. The summed E-state index contributed by atoms with van der Waals surface area (Å²) in [6, 6.07) is 9.08. The second kappa shape index (κ2) is 5.73. The van der Waals surface area contributed by atoms with E-state index in [9.17, 15) is 4.79 Å². The molecule has 0 bridgehead atoms. The molecule has 1 aromatic carbocycles. The van der Waals surface area contributed by atoms with Crippen molar-refractivity contribution >= 4 is 23.1 Å². The number of rotatable bonds is 3. The highest BCUT2D eigenvalue weighted by molar-refractivity contribution is 7.15. The molecule has 3 rings (SSSR count). The second-order valence-electron chi connectivity index (χ2n) is 5.02. The highest BCUT2D eigenvalue weighted by Gasteiger charge is 2.12. The number of nitrogens with zero attached hydrogens (tertiary/aromatic N) is 2. The maximum Gasteiger partial charge on any atom is 0.256 e. The molecule has 0 radical (unpaired) electrons. The van der Waals surface area contributed by atoms with E-state index in [1.807, 2.05) is 32.0 Å². The van der Waals surface area contributed by atoms with Crippen molar-refractivity contribution in [1.82, 2.24) is 10.1 Å². The minimum Gasteiger partial charge on any atom is -0.360 e. The Balaban J connectivity index is 1.85. The molecule has 2 aromatic heterocycles. The maximum atomic E-state index is 12.3. The maximum absolute atomic E-state index is 12.3. The van der Waals surface area contributed by atoms with Gasteiger partial charge in [0.05, 0.1) is 5.69 Å². The number of nitrogens with one attached hydrogen (secondary N) is 1. The minimum atomic E-state index is -0.222. The van der Waals surface area contributed by atoms with Crippen molar-refractivity contribution in [1.29, 1.82) is 0 Å². The number of carbonyl (C=O) groups is 1. The van der Waals surface area contributed by atoms with Crippen LogP contribution in [0.1, 0.15) is 26.7 Å². The summed E-state index contributed by atoms with van der Waals surface area (Å²) in [5.41, 5.74) is 2.52. The zero-order chi connectivity index (χ0) is 15.7. The molecule has 0 aliphatic rings.